The molecular formula is C49H62IrNO2S-. The molecule has 5 heteroatoms. The molecule has 0 fully saturated rings. The van der Waals surface area contributed by atoms with Gasteiger partial charge < -0.3 is 5.11 Å². The van der Waals surface area contributed by atoms with Crippen LogP contribution in [0.1, 0.15) is 125 Å². The van der Waals surface area contributed by atoms with E-state index in [1.54, 1.807) is 0 Å². The molecule has 0 saturated carbocycles. The van der Waals surface area contributed by atoms with E-state index in [2.05, 4.69) is 103 Å². The molecule has 6 rings (SSSR count). The minimum Gasteiger partial charge on any atom is -0.512 e. The van der Waals surface area contributed by atoms with Gasteiger partial charge in [-0.15, -0.1) is 29.3 Å². The van der Waals surface area contributed by atoms with Crippen molar-refractivity contribution in [1.29, 1.82) is 0 Å². The van der Waals surface area contributed by atoms with Crippen molar-refractivity contribution in [1.82, 2.24) is 4.98 Å². The van der Waals surface area contributed by atoms with Gasteiger partial charge in [-0.05, 0) is 100 Å². The van der Waals surface area contributed by atoms with Crippen molar-refractivity contribution in [2.75, 3.05) is 0 Å². The van der Waals surface area contributed by atoms with E-state index in [9.17, 15) is 9.90 Å². The average molecular weight is 921 g/mol. The number of aliphatic hydroxyl groups excluding tert-OH is 1. The summed E-state index contributed by atoms with van der Waals surface area (Å²) in [6.07, 6.45) is 8.84. The van der Waals surface area contributed by atoms with Crippen LogP contribution in [0.4, 0.5) is 0 Å². The Kier molecular flexibility index (Phi) is 13.5. The van der Waals surface area contributed by atoms with Crippen molar-refractivity contribution < 1.29 is 30.0 Å². The minimum absolute atomic E-state index is 0. The first kappa shape index (κ1) is 43.7. The third-order valence-electron chi connectivity index (χ3n) is 11.6. The van der Waals surface area contributed by atoms with E-state index in [1.807, 2.05) is 59.5 Å². The number of carbonyl (C=O) groups is 1. The largest absolute Gasteiger partial charge is 0.512 e. The van der Waals surface area contributed by atoms with Crippen molar-refractivity contribution in [2.24, 2.45) is 21.7 Å². The molecule has 1 aromatic heterocycles. The van der Waals surface area contributed by atoms with Gasteiger partial charge in [0.1, 0.15) is 5.76 Å². The molecule has 4 aromatic carbocycles. The van der Waals surface area contributed by atoms with Gasteiger partial charge in [-0.3, -0.25) is 9.78 Å². The van der Waals surface area contributed by atoms with E-state index < -0.39 is 0 Å². The molecule has 1 N–H and O–H groups in total. The molecule has 54 heavy (non-hydrogen) atoms. The zero-order valence-corrected chi connectivity index (χ0v) is 38.3. The van der Waals surface area contributed by atoms with Crippen molar-refractivity contribution in [3.63, 3.8) is 0 Å². The van der Waals surface area contributed by atoms with Crippen molar-refractivity contribution in [3.05, 3.63) is 89.3 Å². The maximum atomic E-state index is 12.2. The number of aliphatic hydroxyl groups is 1. The minimum atomic E-state index is -0.337. The number of fused-ring (bicyclic) bond motifs is 5. The predicted molar refractivity (Wildman–Crippen MR) is 229 cm³/mol. The number of aryl methyl sites for hydroxylation is 1. The molecule has 291 valence electrons. The number of hydrogen-bond donors (Lipinski definition) is 1. The molecule has 0 unspecified atom stereocenters. The normalized spacial score (nSPS) is 13.4. The van der Waals surface area contributed by atoms with E-state index in [-0.39, 0.29) is 53.3 Å². The first-order chi connectivity index (χ1) is 24.8. The number of nitrogens with zero attached hydrogens (tertiary/aromatic N) is 1. The summed E-state index contributed by atoms with van der Waals surface area (Å²) in [4.78, 5) is 19.8. The van der Waals surface area contributed by atoms with Crippen LogP contribution in [0.5, 0.6) is 0 Å². The smallest absolute Gasteiger partial charge is 0.164 e. The van der Waals surface area contributed by atoms with Gasteiger partial charge in [0, 0.05) is 53.8 Å². The first-order valence-corrected chi connectivity index (χ1v) is 20.5. The van der Waals surface area contributed by atoms with Crippen LogP contribution in [0.25, 0.3) is 43.6 Å². The van der Waals surface area contributed by atoms with Crippen LogP contribution < -0.4 is 0 Å². The maximum absolute atomic E-state index is 12.2. The molecule has 0 amide bonds. The zero-order chi connectivity index (χ0) is 39.1. The average Bonchev–Trinajstić information content (AvgIpc) is 3.10. The molecule has 3 nitrogen and oxygen atoms in total. The predicted octanol–water partition coefficient (Wildman–Crippen LogP) is 14.6. The number of rotatable bonds is 9. The molecular weight excluding hydrogens is 859 g/mol. The monoisotopic (exact) mass is 921 g/mol. The van der Waals surface area contributed by atoms with Crippen LogP contribution >= 0.6 is 11.8 Å². The third-order valence-corrected chi connectivity index (χ3v) is 12.8. The van der Waals surface area contributed by atoms with Gasteiger partial charge in [0.2, 0.25) is 0 Å². The summed E-state index contributed by atoms with van der Waals surface area (Å²) in [6.45, 7) is 28.2. The first-order valence-electron chi connectivity index (χ1n) is 19.7. The second-order valence-corrected chi connectivity index (χ2v) is 19.4. The Hall–Kier alpha value is -2.98. The molecule has 5 aromatic rings. The molecule has 0 saturated heterocycles. The Morgan fingerprint density at radius 3 is 2.00 bits per heavy atom. The fourth-order valence-electron chi connectivity index (χ4n) is 7.37. The van der Waals surface area contributed by atoms with Gasteiger partial charge in [-0.25, -0.2) is 0 Å². The van der Waals surface area contributed by atoms with Crippen molar-refractivity contribution in [3.8, 4) is 11.3 Å². The summed E-state index contributed by atoms with van der Waals surface area (Å²) in [7, 11) is 0. The van der Waals surface area contributed by atoms with Gasteiger partial charge >= 0.3 is 0 Å². The SMILES string of the molecule is CCC(C)(CC)C(=O)/C=C(\O)C(C)(CC)CC.Cc1ccc2c(CC(C)(C)C)c3c([c-]c2c1)-c1nccc2c1c(cc1ccc(CC(C)(C)C)cc12)S3.[Ir]. The Bertz CT molecular complexity index is 2190. The summed E-state index contributed by atoms with van der Waals surface area (Å²) in [6, 6.07) is 22.3. The van der Waals surface area contributed by atoms with Crippen LogP contribution in [0.15, 0.2) is 76.4 Å². The zero-order valence-electron chi connectivity index (χ0n) is 35.1. The molecule has 1 aliphatic rings. The fraction of sp³-hybridized carbons (Fsp3) is 0.469. The maximum Gasteiger partial charge on any atom is 0.164 e. The number of aromatic nitrogens is 1. The van der Waals surface area contributed by atoms with Crippen LogP contribution in [0.2, 0.25) is 0 Å². The molecule has 0 aliphatic carbocycles. The number of benzene rings is 4. The second-order valence-electron chi connectivity index (χ2n) is 18.4. The van der Waals surface area contributed by atoms with E-state index in [1.165, 1.54) is 70.4 Å². The summed E-state index contributed by atoms with van der Waals surface area (Å²) < 4.78 is 0. The second kappa shape index (κ2) is 16.6. The van der Waals surface area contributed by atoms with Crippen molar-refractivity contribution >= 4 is 49.9 Å². The van der Waals surface area contributed by atoms with Gasteiger partial charge in [-0.1, -0.05) is 135 Å². The van der Waals surface area contributed by atoms with Gasteiger partial charge in [0.25, 0.3) is 0 Å². The number of ketones is 1. The van der Waals surface area contributed by atoms with E-state index in [4.69, 9.17) is 4.98 Å². The summed E-state index contributed by atoms with van der Waals surface area (Å²) in [5.74, 6) is 0.286. The summed E-state index contributed by atoms with van der Waals surface area (Å²) in [5, 5.41) is 17.9. The quantitative estimate of drug-likeness (QED) is 0.0679. The third kappa shape index (κ3) is 9.17. The Labute approximate surface area is 343 Å². The fourth-order valence-corrected chi connectivity index (χ4v) is 8.64. The standard InChI is InChI=1S/C34H34NS.C15H28O2.Ir/c1-20-8-11-24-23(14-20)16-27-31-30-25(12-13-35-31)26-15-21(18-33(2,3)4)9-10-22(26)17-29(30)36-32(27)28(24)19-34(5,6)7;1-7-14(5,8-2)12(16)11-13(17)15(6,9-3)10-4;/h8-15,17H,18-19H2,1-7H3;11,16H,7-10H2,1-6H3;/q-1;;/b;12-11-;. The molecule has 0 atom stereocenters. The van der Waals surface area contributed by atoms with Crippen molar-refractivity contribution in [2.45, 2.75) is 138 Å². The molecule has 2 heterocycles. The van der Waals surface area contributed by atoms with E-state index in [0.717, 1.165) is 44.2 Å². The van der Waals surface area contributed by atoms with E-state index in [0.29, 0.717) is 0 Å². The molecule has 1 aliphatic heterocycles. The summed E-state index contributed by atoms with van der Waals surface area (Å²) >= 11 is 1.92. The number of allylic oxidation sites excluding steroid dienone is 2. The number of hydrogen-bond acceptors (Lipinski definition) is 4. The van der Waals surface area contributed by atoms with Gasteiger partial charge in [0.15, 0.2) is 5.78 Å². The Morgan fingerprint density at radius 2 is 1.41 bits per heavy atom. The van der Waals surface area contributed by atoms with Crippen LogP contribution in [0, 0.1) is 34.7 Å². The topological polar surface area (TPSA) is 50.2 Å². The molecule has 0 spiro atoms. The van der Waals surface area contributed by atoms with Crippen LogP contribution in [-0.2, 0) is 37.7 Å². The van der Waals surface area contributed by atoms with Crippen LogP contribution in [0.3, 0.4) is 0 Å². The van der Waals surface area contributed by atoms with Gasteiger partial charge in [-0.2, -0.15) is 0 Å². The van der Waals surface area contributed by atoms with Gasteiger partial charge in [0.05, 0.1) is 0 Å². The molecule has 0 bridgehead atoms. The molecule has 1 radical (unpaired) electrons. The number of pyridine rings is 1. The Balaban J connectivity index is 0.000000309. The Morgan fingerprint density at radius 1 is 0.778 bits per heavy atom. The number of carbonyl (C=O) groups excluding carboxylic acids is 1. The summed E-state index contributed by atoms with van der Waals surface area (Å²) in [5.41, 5.74) is 6.18. The van der Waals surface area contributed by atoms with E-state index >= 15 is 0 Å². The van der Waals surface area contributed by atoms with Crippen LogP contribution in [-0.4, -0.2) is 15.9 Å².